The van der Waals surface area contributed by atoms with Crippen LogP contribution < -0.4 is 0 Å². The Morgan fingerprint density at radius 2 is 2.14 bits per heavy atom. The first-order valence-electron chi connectivity index (χ1n) is 6.58. The van der Waals surface area contributed by atoms with Gasteiger partial charge in [-0.25, -0.2) is 9.37 Å². The van der Waals surface area contributed by atoms with E-state index in [2.05, 4.69) is 11.9 Å². The van der Waals surface area contributed by atoms with Crippen molar-refractivity contribution in [2.24, 2.45) is 0 Å². The number of aromatic nitrogens is 2. The van der Waals surface area contributed by atoms with E-state index in [1.165, 1.54) is 17.4 Å². The monoisotopic (exact) mass is 342 g/mol. The van der Waals surface area contributed by atoms with Crippen LogP contribution in [0.5, 0.6) is 0 Å². The second kappa shape index (κ2) is 5.95. The number of benzene rings is 1. The van der Waals surface area contributed by atoms with Gasteiger partial charge in [-0.3, -0.25) is 0 Å². The first-order valence-corrected chi connectivity index (χ1v) is 8.31. The molecule has 0 aliphatic heterocycles. The van der Waals surface area contributed by atoms with Crippen molar-refractivity contribution in [2.45, 2.75) is 19.4 Å². The van der Waals surface area contributed by atoms with Crippen LogP contribution in [0.4, 0.5) is 4.39 Å². The lowest BCUT2D eigenvalue weighted by Gasteiger charge is -2.16. The average molecular weight is 343 g/mol. The highest BCUT2D eigenvalue weighted by atomic mass is 35.5. The summed E-state index contributed by atoms with van der Waals surface area (Å²) in [5.74, 6) is 0.934. The Morgan fingerprint density at radius 1 is 1.33 bits per heavy atom. The highest BCUT2D eigenvalue weighted by Crippen LogP contribution is 2.33. The second-order valence-electron chi connectivity index (χ2n) is 4.76. The molecule has 0 saturated carbocycles. The van der Waals surface area contributed by atoms with Crippen LogP contribution in [-0.2, 0) is 6.42 Å². The first kappa shape index (κ1) is 14.8. The zero-order chi connectivity index (χ0) is 15.0. The van der Waals surface area contributed by atoms with Crippen molar-refractivity contribution in [1.82, 2.24) is 9.55 Å². The SMILES string of the molecule is CC(c1ccc(Cl)s1)n1c(CCCl)nc2c(F)cccc21. The first-order chi connectivity index (χ1) is 10.1. The molecule has 1 unspecified atom stereocenters. The van der Waals surface area contributed by atoms with Gasteiger partial charge < -0.3 is 4.57 Å². The van der Waals surface area contributed by atoms with Gasteiger partial charge in [0.05, 0.1) is 15.9 Å². The standard InChI is InChI=1S/C15H13Cl2FN2S/c1-9(12-5-6-13(17)21-12)20-11-4-2-3-10(18)15(11)19-14(20)7-8-16/h2-6,9H,7-8H2,1H3. The molecular weight excluding hydrogens is 330 g/mol. The zero-order valence-electron chi connectivity index (χ0n) is 11.3. The van der Waals surface area contributed by atoms with Crippen molar-refractivity contribution in [3.8, 4) is 0 Å². The van der Waals surface area contributed by atoms with Crippen LogP contribution in [0, 0.1) is 5.82 Å². The van der Waals surface area contributed by atoms with Crippen molar-refractivity contribution >= 4 is 45.6 Å². The summed E-state index contributed by atoms with van der Waals surface area (Å²) in [6.45, 7) is 2.06. The molecule has 1 atom stereocenters. The Bertz CT molecular complexity index is 781. The molecule has 0 aliphatic rings. The number of fused-ring (bicyclic) bond motifs is 1. The lowest BCUT2D eigenvalue weighted by atomic mass is 10.2. The molecule has 0 saturated heterocycles. The lowest BCUT2D eigenvalue weighted by molar-refractivity contribution is 0.633. The van der Waals surface area contributed by atoms with E-state index in [1.54, 1.807) is 6.07 Å². The van der Waals surface area contributed by atoms with Crippen molar-refractivity contribution in [3.63, 3.8) is 0 Å². The number of nitrogens with zero attached hydrogens (tertiary/aromatic N) is 2. The molecular formula is C15H13Cl2FN2S. The Balaban J connectivity index is 2.19. The van der Waals surface area contributed by atoms with E-state index in [9.17, 15) is 4.39 Å². The molecule has 0 N–H and O–H groups in total. The molecule has 0 fully saturated rings. The fraction of sp³-hybridized carbons (Fsp3) is 0.267. The number of para-hydroxylation sites is 1. The lowest BCUT2D eigenvalue weighted by Crippen LogP contribution is -2.10. The van der Waals surface area contributed by atoms with Crippen molar-refractivity contribution < 1.29 is 4.39 Å². The maximum Gasteiger partial charge on any atom is 0.151 e. The number of imidazole rings is 1. The van der Waals surface area contributed by atoms with Crippen LogP contribution in [0.1, 0.15) is 23.7 Å². The normalized spacial score (nSPS) is 13.0. The van der Waals surface area contributed by atoms with Crippen molar-refractivity contribution in [1.29, 1.82) is 0 Å². The number of halogens is 3. The molecule has 2 aromatic heterocycles. The largest absolute Gasteiger partial charge is 0.320 e. The minimum absolute atomic E-state index is 0.0347. The van der Waals surface area contributed by atoms with Crippen LogP contribution in [-0.4, -0.2) is 15.4 Å². The number of hydrogen-bond acceptors (Lipinski definition) is 2. The van der Waals surface area contributed by atoms with E-state index in [4.69, 9.17) is 23.2 Å². The third-order valence-corrected chi connectivity index (χ3v) is 5.05. The highest BCUT2D eigenvalue weighted by Gasteiger charge is 2.19. The van der Waals surface area contributed by atoms with Gasteiger partial charge in [0.25, 0.3) is 0 Å². The van der Waals surface area contributed by atoms with E-state index in [-0.39, 0.29) is 11.9 Å². The molecule has 6 heteroatoms. The molecule has 3 rings (SSSR count). The molecule has 2 heterocycles. The smallest absolute Gasteiger partial charge is 0.151 e. The quantitative estimate of drug-likeness (QED) is 0.589. The van der Waals surface area contributed by atoms with E-state index < -0.39 is 0 Å². The summed E-state index contributed by atoms with van der Waals surface area (Å²) in [4.78, 5) is 5.54. The van der Waals surface area contributed by atoms with Gasteiger partial charge in [0, 0.05) is 17.2 Å². The number of hydrogen-bond donors (Lipinski definition) is 0. The van der Waals surface area contributed by atoms with E-state index in [0.717, 1.165) is 20.6 Å². The highest BCUT2D eigenvalue weighted by molar-refractivity contribution is 7.16. The van der Waals surface area contributed by atoms with Gasteiger partial charge in [0.2, 0.25) is 0 Å². The molecule has 2 nitrogen and oxygen atoms in total. The minimum atomic E-state index is -0.307. The summed E-state index contributed by atoms with van der Waals surface area (Å²) >= 11 is 13.4. The van der Waals surface area contributed by atoms with E-state index in [1.807, 2.05) is 22.8 Å². The van der Waals surface area contributed by atoms with Gasteiger partial charge in [-0.15, -0.1) is 22.9 Å². The molecule has 3 aromatic rings. The van der Waals surface area contributed by atoms with Crippen molar-refractivity contribution in [3.05, 3.63) is 51.2 Å². The number of rotatable bonds is 4. The average Bonchev–Trinajstić information content (AvgIpc) is 3.03. The second-order valence-corrected chi connectivity index (χ2v) is 6.89. The summed E-state index contributed by atoms with van der Waals surface area (Å²) in [7, 11) is 0. The zero-order valence-corrected chi connectivity index (χ0v) is 13.6. The molecule has 0 amide bonds. The van der Waals surface area contributed by atoms with Crippen LogP contribution in [0.3, 0.4) is 0 Å². The predicted molar refractivity (Wildman–Crippen MR) is 87.3 cm³/mol. The Labute approximate surface area is 136 Å². The van der Waals surface area contributed by atoms with Gasteiger partial charge in [-0.1, -0.05) is 17.7 Å². The maximum absolute atomic E-state index is 14.0. The third kappa shape index (κ3) is 2.68. The Kier molecular flexibility index (Phi) is 4.20. The van der Waals surface area contributed by atoms with E-state index in [0.29, 0.717) is 17.8 Å². The number of thiophene rings is 1. The number of aryl methyl sites for hydroxylation is 1. The molecule has 0 radical (unpaired) electrons. The molecule has 0 spiro atoms. The van der Waals surface area contributed by atoms with Crippen molar-refractivity contribution in [2.75, 3.05) is 5.88 Å². The van der Waals surface area contributed by atoms with Crippen LogP contribution >= 0.6 is 34.5 Å². The van der Waals surface area contributed by atoms with E-state index >= 15 is 0 Å². The van der Waals surface area contributed by atoms with Crippen LogP contribution in [0.25, 0.3) is 11.0 Å². The summed E-state index contributed by atoms with van der Waals surface area (Å²) < 4.78 is 16.7. The Morgan fingerprint density at radius 3 is 2.81 bits per heavy atom. The topological polar surface area (TPSA) is 17.8 Å². The minimum Gasteiger partial charge on any atom is -0.320 e. The maximum atomic E-state index is 14.0. The Hall–Kier alpha value is -1.10. The molecule has 110 valence electrons. The van der Waals surface area contributed by atoms with Gasteiger partial charge in [0.1, 0.15) is 11.3 Å². The summed E-state index contributed by atoms with van der Waals surface area (Å²) in [6.07, 6.45) is 0.596. The summed E-state index contributed by atoms with van der Waals surface area (Å²) in [5.41, 5.74) is 1.18. The molecule has 21 heavy (non-hydrogen) atoms. The van der Waals surface area contributed by atoms with Gasteiger partial charge >= 0.3 is 0 Å². The van der Waals surface area contributed by atoms with Gasteiger partial charge in [-0.2, -0.15) is 0 Å². The van der Waals surface area contributed by atoms with Gasteiger partial charge in [0.15, 0.2) is 5.82 Å². The summed E-state index contributed by atoms with van der Waals surface area (Å²) in [5, 5.41) is 0. The van der Waals surface area contributed by atoms with Crippen LogP contribution in [0.2, 0.25) is 4.34 Å². The molecule has 0 bridgehead atoms. The van der Waals surface area contributed by atoms with Gasteiger partial charge in [-0.05, 0) is 31.2 Å². The predicted octanol–water partition coefficient (Wildman–Crippen LogP) is 5.28. The fourth-order valence-electron chi connectivity index (χ4n) is 2.50. The molecule has 1 aromatic carbocycles. The molecule has 0 aliphatic carbocycles. The number of alkyl halides is 1. The fourth-order valence-corrected chi connectivity index (χ4v) is 3.78. The summed E-state index contributed by atoms with van der Waals surface area (Å²) in [6, 6.07) is 8.92. The third-order valence-electron chi connectivity index (χ3n) is 3.46. The van der Waals surface area contributed by atoms with Crippen LogP contribution in [0.15, 0.2) is 30.3 Å².